The van der Waals surface area contributed by atoms with Gasteiger partial charge in [0, 0.05) is 43.3 Å². The maximum Gasteiger partial charge on any atom is 0.251 e. The summed E-state index contributed by atoms with van der Waals surface area (Å²) in [5, 5.41) is 7.14. The largest absolute Gasteiger partial charge is 0.348 e. The fourth-order valence-electron chi connectivity index (χ4n) is 2.79. The summed E-state index contributed by atoms with van der Waals surface area (Å²) < 4.78 is 1.80. The van der Waals surface area contributed by atoms with Gasteiger partial charge in [0.05, 0.1) is 5.69 Å². The number of aryl methyl sites for hydroxylation is 1. The Balaban J connectivity index is 1.67. The van der Waals surface area contributed by atoms with Crippen molar-refractivity contribution in [2.75, 3.05) is 0 Å². The maximum absolute atomic E-state index is 12.4. The molecule has 2 aromatic heterocycles. The van der Waals surface area contributed by atoms with Gasteiger partial charge in [-0.1, -0.05) is 32.9 Å². The van der Waals surface area contributed by atoms with Gasteiger partial charge in [0.25, 0.3) is 5.91 Å². The van der Waals surface area contributed by atoms with Crippen molar-refractivity contribution in [3.05, 3.63) is 71.7 Å². The molecule has 1 amide bonds. The summed E-state index contributed by atoms with van der Waals surface area (Å²) in [6.07, 6.45) is 5.32. The topological polar surface area (TPSA) is 59.8 Å². The molecule has 1 aromatic carbocycles. The van der Waals surface area contributed by atoms with Gasteiger partial charge in [-0.15, -0.1) is 0 Å². The van der Waals surface area contributed by atoms with Crippen LogP contribution in [-0.4, -0.2) is 20.7 Å². The van der Waals surface area contributed by atoms with Crippen molar-refractivity contribution >= 4 is 5.91 Å². The van der Waals surface area contributed by atoms with Crippen LogP contribution in [0.2, 0.25) is 0 Å². The number of nitrogens with one attached hydrogen (secondary N) is 1. The van der Waals surface area contributed by atoms with Crippen molar-refractivity contribution in [2.24, 2.45) is 7.05 Å². The lowest BCUT2D eigenvalue weighted by atomic mass is 9.87. The highest BCUT2D eigenvalue weighted by Gasteiger charge is 2.14. The maximum atomic E-state index is 12.4. The van der Waals surface area contributed by atoms with Gasteiger partial charge in [0.2, 0.25) is 0 Å². The quantitative estimate of drug-likeness (QED) is 0.782. The Hall–Kier alpha value is -2.95. The third kappa shape index (κ3) is 3.99. The number of rotatable bonds is 4. The fraction of sp³-hybridized carbons (Fsp3) is 0.286. The Bertz CT molecular complexity index is 904. The SMILES string of the molecule is Cn1nccc1-c1cncc(CNC(=O)c2ccc(C(C)(C)C)cc2)c1. The molecule has 0 atom stereocenters. The highest BCUT2D eigenvalue weighted by molar-refractivity contribution is 5.94. The van der Waals surface area contributed by atoms with Crippen molar-refractivity contribution in [3.63, 3.8) is 0 Å². The number of hydrogen-bond acceptors (Lipinski definition) is 3. The van der Waals surface area contributed by atoms with Gasteiger partial charge in [0.15, 0.2) is 0 Å². The molecule has 0 aliphatic heterocycles. The molecule has 3 aromatic rings. The second kappa shape index (κ2) is 7.12. The van der Waals surface area contributed by atoms with E-state index in [1.165, 1.54) is 5.56 Å². The van der Waals surface area contributed by atoms with Crippen molar-refractivity contribution in [3.8, 4) is 11.3 Å². The van der Waals surface area contributed by atoms with Crippen LogP contribution in [0.5, 0.6) is 0 Å². The molecule has 0 spiro atoms. The summed E-state index contributed by atoms with van der Waals surface area (Å²) in [5.74, 6) is -0.0867. The third-order valence-electron chi connectivity index (χ3n) is 4.38. The normalized spacial score (nSPS) is 11.4. The minimum atomic E-state index is -0.0867. The van der Waals surface area contributed by atoms with Crippen molar-refractivity contribution in [1.29, 1.82) is 0 Å². The molecule has 0 bridgehead atoms. The molecule has 3 rings (SSSR count). The molecular formula is C21H24N4O. The average molecular weight is 348 g/mol. The van der Waals surface area contributed by atoms with Crippen LogP contribution in [0.1, 0.15) is 42.3 Å². The second-order valence-electron chi connectivity index (χ2n) is 7.43. The second-order valence-corrected chi connectivity index (χ2v) is 7.43. The number of nitrogens with zero attached hydrogens (tertiary/aromatic N) is 3. The standard InChI is InChI=1S/C21H24N4O/c1-21(2,3)18-7-5-16(6-8-18)20(26)23-13-15-11-17(14-22-12-15)19-9-10-24-25(19)4/h5-12,14H,13H2,1-4H3,(H,23,26). The summed E-state index contributed by atoms with van der Waals surface area (Å²) >= 11 is 0. The number of aromatic nitrogens is 3. The predicted molar refractivity (Wildman–Crippen MR) is 103 cm³/mol. The Morgan fingerprint density at radius 1 is 1.12 bits per heavy atom. The monoisotopic (exact) mass is 348 g/mol. The van der Waals surface area contributed by atoms with E-state index in [-0.39, 0.29) is 11.3 Å². The molecule has 0 aliphatic carbocycles. The first-order valence-electron chi connectivity index (χ1n) is 8.65. The summed E-state index contributed by atoms with van der Waals surface area (Å²) in [7, 11) is 1.89. The van der Waals surface area contributed by atoms with E-state index in [9.17, 15) is 4.79 Å². The predicted octanol–water partition coefficient (Wildman–Crippen LogP) is 3.71. The highest BCUT2D eigenvalue weighted by Crippen LogP contribution is 2.22. The first-order chi connectivity index (χ1) is 12.3. The van der Waals surface area contributed by atoms with Crippen LogP contribution in [0.25, 0.3) is 11.3 Å². The first kappa shape index (κ1) is 17.9. The molecule has 0 saturated heterocycles. The Labute approximate surface area is 154 Å². The Kier molecular flexibility index (Phi) is 4.89. The molecule has 0 unspecified atom stereocenters. The van der Waals surface area contributed by atoms with Gasteiger partial charge in [-0.3, -0.25) is 14.5 Å². The van der Waals surface area contributed by atoms with Crippen LogP contribution in [0.3, 0.4) is 0 Å². The van der Waals surface area contributed by atoms with E-state index in [0.717, 1.165) is 16.8 Å². The van der Waals surface area contributed by atoms with E-state index in [4.69, 9.17) is 0 Å². The van der Waals surface area contributed by atoms with Crippen LogP contribution in [0.4, 0.5) is 0 Å². The summed E-state index contributed by atoms with van der Waals surface area (Å²) in [5.41, 5.74) is 4.86. The molecule has 2 heterocycles. The van der Waals surface area contributed by atoms with Crippen LogP contribution in [0, 0.1) is 0 Å². The lowest BCUT2D eigenvalue weighted by Gasteiger charge is -2.19. The molecule has 0 radical (unpaired) electrons. The van der Waals surface area contributed by atoms with Crippen molar-refractivity contribution in [1.82, 2.24) is 20.1 Å². The lowest BCUT2D eigenvalue weighted by molar-refractivity contribution is 0.0951. The van der Waals surface area contributed by atoms with E-state index in [0.29, 0.717) is 12.1 Å². The molecular weight excluding hydrogens is 324 g/mol. The zero-order valence-electron chi connectivity index (χ0n) is 15.7. The molecule has 5 nitrogen and oxygen atoms in total. The van der Waals surface area contributed by atoms with Crippen LogP contribution >= 0.6 is 0 Å². The number of carbonyl (C=O) groups excluding carboxylic acids is 1. The number of amides is 1. The van der Waals surface area contributed by atoms with E-state index in [1.807, 2.05) is 43.4 Å². The van der Waals surface area contributed by atoms with Crippen LogP contribution < -0.4 is 5.32 Å². The minimum absolute atomic E-state index is 0.0763. The third-order valence-corrected chi connectivity index (χ3v) is 4.38. The van der Waals surface area contributed by atoms with Crippen molar-refractivity contribution < 1.29 is 4.79 Å². The molecule has 26 heavy (non-hydrogen) atoms. The molecule has 1 N–H and O–H groups in total. The van der Waals surface area contributed by atoms with Crippen molar-refractivity contribution in [2.45, 2.75) is 32.7 Å². The molecule has 0 fully saturated rings. The number of carbonyl (C=O) groups is 1. The number of hydrogen-bond donors (Lipinski definition) is 1. The molecule has 5 heteroatoms. The summed E-state index contributed by atoms with van der Waals surface area (Å²) in [4.78, 5) is 16.7. The average Bonchev–Trinajstić information content (AvgIpc) is 3.05. The first-order valence-corrected chi connectivity index (χ1v) is 8.65. The highest BCUT2D eigenvalue weighted by atomic mass is 16.1. The van der Waals surface area contributed by atoms with Gasteiger partial charge in [-0.05, 0) is 40.8 Å². The number of pyridine rings is 1. The van der Waals surface area contributed by atoms with Crippen LogP contribution in [-0.2, 0) is 19.0 Å². The van der Waals surface area contributed by atoms with Crippen LogP contribution in [0.15, 0.2) is 55.0 Å². The zero-order valence-corrected chi connectivity index (χ0v) is 15.7. The van der Waals surface area contributed by atoms with Gasteiger partial charge >= 0.3 is 0 Å². The summed E-state index contributed by atoms with van der Waals surface area (Å²) in [6.45, 7) is 6.90. The van der Waals surface area contributed by atoms with Gasteiger partial charge in [-0.25, -0.2) is 0 Å². The van der Waals surface area contributed by atoms with Gasteiger partial charge in [0.1, 0.15) is 0 Å². The number of benzene rings is 1. The smallest absolute Gasteiger partial charge is 0.251 e. The van der Waals surface area contributed by atoms with E-state index in [1.54, 1.807) is 23.3 Å². The van der Waals surface area contributed by atoms with Gasteiger partial charge in [-0.2, -0.15) is 5.10 Å². The Morgan fingerprint density at radius 2 is 1.85 bits per heavy atom. The molecule has 134 valence electrons. The summed E-state index contributed by atoms with van der Waals surface area (Å²) in [6, 6.07) is 11.7. The minimum Gasteiger partial charge on any atom is -0.348 e. The van der Waals surface area contributed by atoms with E-state index in [2.05, 4.69) is 36.2 Å². The Morgan fingerprint density at radius 3 is 2.46 bits per heavy atom. The fourth-order valence-corrected chi connectivity index (χ4v) is 2.79. The van der Waals surface area contributed by atoms with E-state index < -0.39 is 0 Å². The zero-order chi connectivity index (χ0) is 18.7. The molecule has 0 aliphatic rings. The molecule has 0 saturated carbocycles. The van der Waals surface area contributed by atoms with E-state index >= 15 is 0 Å². The lowest BCUT2D eigenvalue weighted by Crippen LogP contribution is -2.23. The van der Waals surface area contributed by atoms with Gasteiger partial charge < -0.3 is 5.32 Å².